The monoisotopic (exact) mass is 259 g/mol. The third-order valence-corrected chi connectivity index (χ3v) is 2.55. The minimum atomic E-state index is -0.159. The predicted octanol–water partition coefficient (Wildman–Crippen LogP) is 2.01. The number of benzene rings is 1. The average molecular weight is 259 g/mol. The van der Waals surface area contributed by atoms with Crippen LogP contribution in [0.25, 0.3) is 11.4 Å². The first-order chi connectivity index (χ1) is 9.10. The molecular formula is C14H17N3O2. The molecule has 0 aliphatic heterocycles. The number of rotatable bonds is 4. The molecule has 0 fully saturated rings. The molecule has 3 N–H and O–H groups in total. The summed E-state index contributed by atoms with van der Waals surface area (Å²) in [6.45, 7) is 3.80. The van der Waals surface area contributed by atoms with Crippen LogP contribution < -0.4 is 10.5 Å². The molecular weight excluding hydrogens is 242 g/mol. The van der Waals surface area contributed by atoms with Crippen molar-refractivity contribution in [1.82, 2.24) is 9.97 Å². The van der Waals surface area contributed by atoms with Gasteiger partial charge >= 0.3 is 0 Å². The molecule has 0 atom stereocenters. The first-order valence-electron chi connectivity index (χ1n) is 6.09. The van der Waals surface area contributed by atoms with Gasteiger partial charge in [-0.2, -0.15) is 0 Å². The maximum atomic E-state index is 9.02. The predicted molar refractivity (Wildman–Crippen MR) is 73.6 cm³/mol. The molecule has 0 aliphatic rings. The Balaban J connectivity index is 2.24. The number of aliphatic hydroxyl groups excluding tert-OH is 1. The standard InChI is InChI=1S/C14H17N3O2/c1-9(2)19-12-5-3-10(4-6-12)14-16-7-11(8-18)13(15)17-14/h3-7,9,18H,8H2,1-2H3,(H2,15,16,17). The molecule has 0 spiro atoms. The Bertz CT molecular complexity index is 553. The number of hydrogen-bond acceptors (Lipinski definition) is 5. The second kappa shape index (κ2) is 5.67. The number of hydrogen-bond donors (Lipinski definition) is 2. The van der Waals surface area contributed by atoms with E-state index in [0.717, 1.165) is 11.3 Å². The molecule has 0 saturated carbocycles. The van der Waals surface area contributed by atoms with Crippen molar-refractivity contribution in [2.45, 2.75) is 26.6 Å². The van der Waals surface area contributed by atoms with E-state index in [2.05, 4.69) is 9.97 Å². The molecule has 19 heavy (non-hydrogen) atoms. The van der Waals surface area contributed by atoms with Gasteiger partial charge in [-0.15, -0.1) is 0 Å². The zero-order valence-corrected chi connectivity index (χ0v) is 11.0. The highest BCUT2D eigenvalue weighted by atomic mass is 16.5. The molecule has 5 heteroatoms. The van der Waals surface area contributed by atoms with Gasteiger partial charge in [0.15, 0.2) is 5.82 Å². The molecule has 0 amide bonds. The topological polar surface area (TPSA) is 81.3 Å². The fourth-order valence-corrected chi connectivity index (χ4v) is 1.64. The van der Waals surface area contributed by atoms with Gasteiger partial charge in [0.25, 0.3) is 0 Å². The molecule has 5 nitrogen and oxygen atoms in total. The van der Waals surface area contributed by atoms with Crippen molar-refractivity contribution in [2.24, 2.45) is 0 Å². The van der Waals surface area contributed by atoms with Crippen molar-refractivity contribution in [3.63, 3.8) is 0 Å². The van der Waals surface area contributed by atoms with Gasteiger partial charge in [0.1, 0.15) is 11.6 Å². The summed E-state index contributed by atoms with van der Waals surface area (Å²) in [6, 6.07) is 7.50. The number of nitrogens with two attached hydrogens (primary N) is 1. The van der Waals surface area contributed by atoms with Gasteiger partial charge in [-0.25, -0.2) is 9.97 Å². The van der Waals surface area contributed by atoms with E-state index < -0.39 is 0 Å². The lowest BCUT2D eigenvalue weighted by Gasteiger charge is -2.10. The maximum Gasteiger partial charge on any atom is 0.161 e. The van der Waals surface area contributed by atoms with E-state index in [4.69, 9.17) is 15.6 Å². The lowest BCUT2D eigenvalue weighted by molar-refractivity contribution is 0.242. The summed E-state index contributed by atoms with van der Waals surface area (Å²) < 4.78 is 5.57. The van der Waals surface area contributed by atoms with Crippen molar-refractivity contribution in [3.05, 3.63) is 36.0 Å². The average Bonchev–Trinajstić information content (AvgIpc) is 2.39. The third kappa shape index (κ3) is 3.20. The lowest BCUT2D eigenvalue weighted by atomic mass is 10.2. The van der Waals surface area contributed by atoms with E-state index in [1.54, 1.807) is 0 Å². The summed E-state index contributed by atoms with van der Waals surface area (Å²) in [5.74, 6) is 1.64. The molecule has 2 aromatic rings. The normalized spacial score (nSPS) is 10.7. The Morgan fingerprint density at radius 1 is 1.26 bits per heavy atom. The highest BCUT2D eigenvalue weighted by Crippen LogP contribution is 2.21. The third-order valence-electron chi connectivity index (χ3n) is 2.55. The summed E-state index contributed by atoms with van der Waals surface area (Å²) in [4.78, 5) is 8.35. The summed E-state index contributed by atoms with van der Waals surface area (Å²) in [6.07, 6.45) is 1.68. The fraction of sp³-hybridized carbons (Fsp3) is 0.286. The molecule has 1 aromatic carbocycles. The Hall–Kier alpha value is -2.14. The van der Waals surface area contributed by atoms with Crippen LogP contribution in [0.2, 0.25) is 0 Å². The van der Waals surface area contributed by atoms with Crippen molar-refractivity contribution in [2.75, 3.05) is 5.73 Å². The van der Waals surface area contributed by atoms with Crippen LogP contribution in [0.3, 0.4) is 0 Å². The second-order valence-electron chi connectivity index (χ2n) is 4.45. The van der Waals surface area contributed by atoms with Gasteiger partial charge in [-0.1, -0.05) is 0 Å². The Kier molecular flexibility index (Phi) is 3.97. The number of anilines is 1. The van der Waals surface area contributed by atoms with Crippen LogP contribution in [0.15, 0.2) is 30.5 Å². The molecule has 100 valence electrons. The van der Waals surface area contributed by atoms with Crippen LogP contribution in [-0.2, 0) is 6.61 Å². The number of aromatic nitrogens is 2. The molecule has 0 radical (unpaired) electrons. The van der Waals surface area contributed by atoms with Crippen LogP contribution >= 0.6 is 0 Å². The zero-order chi connectivity index (χ0) is 13.8. The van der Waals surface area contributed by atoms with Gasteiger partial charge in [0.2, 0.25) is 0 Å². The van der Waals surface area contributed by atoms with E-state index in [-0.39, 0.29) is 12.7 Å². The molecule has 1 aromatic heterocycles. The molecule has 0 aliphatic carbocycles. The van der Waals surface area contributed by atoms with Crippen molar-refractivity contribution in [1.29, 1.82) is 0 Å². The molecule has 2 rings (SSSR count). The van der Waals surface area contributed by atoms with Crippen molar-refractivity contribution < 1.29 is 9.84 Å². The van der Waals surface area contributed by atoms with Crippen LogP contribution in [-0.4, -0.2) is 21.2 Å². The minimum absolute atomic E-state index is 0.140. The van der Waals surface area contributed by atoms with E-state index in [0.29, 0.717) is 17.2 Å². The highest BCUT2D eigenvalue weighted by molar-refractivity contribution is 5.58. The number of ether oxygens (including phenoxy) is 1. The molecule has 0 saturated heterocycles. The fourth-order valence-electron chi connectivity index (χ4n) is 1.64. The summed E-state index contributed by atoms with van der Waals surface area (Å²) in [7, 11) is 0. The Morgan fingerprint density at radius 3 is 2.47 bits per heavy atom. The minimum Gasteiger partial charge on any atom is -0.491 e. The van der Waals surface area contributed by atoms with Crippen molar-refractivity contribution in [3.8, 4) is 17.1 Å². The summed E-state index contributed by atoms with van der Waals surface area (Å²) in [5, 5.41) is 9.02. The van der Waals surface area contributed by atoms with Gasteiger partial charge in [-0.05, 0) is 38.1 Å². The van der Waals surface area contributed by atoms with Gasteiger partial charge in [0.05, 0.1) is 12.7 Å². The summed E-state index contributed by atoms with van der Waals surface area (Å²) >= 11 is 0. The quantitative estimate of drug-likeness (QED) is 0.877. The Morgan fingerprint density at radius 2 is 1.95 bits per heavy atom. The number of nitrogens with zero attached hydrogens (tertiary/aromatic N) is 2. The first kappa shape index (κ1) is 13.3. The second-order valence-corrected chi connectivity index (χ2v) is 4.45. The van der Waals surface area contributed by atoms with E-state index in [9.17, 15) is 0 Å². The number of aliphatic hydroxyl groups is 1. The van der Waals surface area contributed by atoms with Gasteiger partial charge in [0, 0.05) is 17.3 Å². The maximum absolute atomic E-state index is 9.02. The smallest absolute Gasteiger partial charge is 0.161 e. The molecule has 1 heterocycles. The van der Waals surface area contributed by atoms with Crippen LogP contribution in [0.5, 0.6) is 5.75 Å². The Labute approximate surface area is 112 Å². The zero-order valence-electron chi connectivity index (χ0n) is 11.0. The largest absolute Gasteiger partial charge is 0.491 e. The molecule has 0 bridgehead atoms. The van der Waals surface area contributed by atoms with Crippen molar-refractivity contribution >= 4 is 5.82 Å². The van der Waals surface area contributed by atoms with E-state index >= 15 is 0 Å². The summed E-state index contributed by atoms with van der Waals surface area (Å²) in [5.41, 5.74) is 7.11. The first-order valence-corrected chi connectivity index (χ1v) is 6.09. The van der Waals surface area contributed by atoms with Gasteiger partial charge in [-0.3, -0.25) is 0 Å². The SMILES string of the molecule is CC(C)Oc1ccc(-c2ncc(CO)c(N)n2)cc1. The molecule has 0 unspecified atom stereocenters. The lowest BCUT2D eigenvalue weighted by Crippen LogP contribution is -2.05. The van der Waals surface area contributed by atoms with Crippen LogP contribution in [0.1, 0.15) is 19.4 Å². The van der Waals surface area contributed by atoms with E-state index in [1.165, 1.54) is 6.20 Å². The van der Waals surface area contributed by atoms with E-state index in [1.807, 2.05) is 38.1 Å². The van der Waals surface area contributed by atoms with Crippen LogP contribution in [0.4, 0.5) is 5.82 Å². The number of nitrogen functional groups attached to an aromatic ring is 1. The van der Waals surface area contributed by atoms with Crippen LogP contribution in [0, 0.1) is 0 Å². The highest BCUT2D eigenvalue weighted by Gasteiger charge is 2.06. The van der Waals surface area contributed by atoms with Gasteiger partial charge < -0.3 is 15.6 Å².